The fourth-order valence-corrected chi connectivity index (χ4v) is 2.31. The van der Waals surface area contributed by atoms with E-state index in [1.165, 1.54) is 11.3 Å². The van der Waals surface area contributed by atoms with Crippen LogP contribution < -0.4 is 10.6 Å². The van der Waals surface area contributed by atoms with Crippen molar-refractivity contribution in [2.24, 2.45) is 0 Å². The van der Waals surface area contributed by atoms with E-state index in [4.69, 9.17) is 5.26 Å². The van der Waals surface area contributed by atoms with Crippen molar-refractivity contribution >= 4 is 23.2 Å². The minimum absolute atomic E-state index is 0.0747. The van der Waals surface area contributed by atoms with Crippen LogP contribution in [0.15, 0.2) is 41.8 Å². The van der Waals surface area contributed by atoms with E-state index in [1.807, 2.05) is 12.1 Å². The zero-order valence-corrected chi connectivity index (χ0v) is 11.9. The standard InChI is InChI=1S/C15H13N3O2S/c16-8-11-3-1-4-12(7-11)9-17-14(19)10-18-15(20)13-5-2-6-21-13/h1-7H,9-10H2,(H,17,19)(H,18,20). The molecule has 0 unspecified atom stereocenters. The van der Waals surface area contributed by atoms with Gasteiger partial charge in [-0.15, -0.1) is 11.3 Å². The van der Waals surface area contributed by atoms with Crippen LogP contribution in [0.4, 0.5) is 0 Å². The van der Waals surface area contributed by atoms with E-state index in [9.17, 15) is 9.59 Å². The van der Waals surface area contributed by atoms with Crippen LogP contribution in [0.3, 0.4) is 0 Å². The molecule has 5 nitrogen and oxygen atoms in total. The Kier molecular flexibility index (Phi) is 5.07. The zero-order chi connectivity index (χ0) is 15.1. The molecule has 2 N–H and O–H groups in total. The van der Waals surface area contributed by atoms with Gasteiger partial charge in [0.15, 0.2) is 0 Å². The molecule has 2 amide bonds. The smallest absolute Gasteiger partial charge is 0.261 e. The lowest BCUT2D eigenvalue weighted by atomic mass is 10.1. The van der Waals surface area contributed by atoms with E-state index >= 15 is 0 Å². The molecule has 0 atom stereocenters. The molecule has 106 valence electrons. The lowest BCUT2D eigenvalue weighted by molar-refractivity contribution is -0.120. The summed E-state index contributed by atoms with van der Waals surface area (Å²) in [7, 11) is 0. The van der Waals surface area contributed by atoms with Gasteiger partial charge >= 0.3 is 0 Å². The number of hydrogen-bond donors (Lipinski definition) is 2. The summed E-state index contributed by atoms with van der Waals surface area (Å²) in [6, 6.07) is 12.5. The summed E-state index contributed by atoms with van der Waals surface area (Å²) < 4.78 is 0. The van der Waals surface area contributed by atoms with Gasteiger partial charge in [-0.2, -0.15) is 5.26 Å². The Morgan fingerprint density at radius 3 is 2.76 bits per heavy atom. The largest absolute Gasteiger partial charge is 0.350 e. The second-order valence-electron chi connectivity index (χ2n) is 4.25. The summed E-state index contributed by atoms with van der Waals surface area (Å²) in [5.74, 6) is -0.533. The number of carbonyl (C=O) groups excluding carboxylic acids is 2. The number of thiophene rings is 1. The molecule has 0 fully saturated rings. The van der Waals surface area contributed by atoms with Crippen LogP contribution in [0.25, 0.3) is 0 Å². The molecule has 6 heteroatoms. The first-order valence-electron chi connectivity index (χ1n) is 6.26. The molecule has 0 bridgehead atoms. The van der Waals surface area contributed by atoms with Crippen molar-refractivity contribution in [3.63, 3.8) is 0 Å². The summed E-state index contributed by atoms with van der Waals surface area (Å²) in [5.41, 5.74) is 1.39. The van der Waals surface area contributed by atoms with Crippen molar-refractivity contribution in [2.45, 2.75) is 6.54 Å². The number of hydrogen-bond acceptors (Lipinski definition) is 4. The minimum atomic E-state index is -0.276. The van der Waals surface area contributed by atoms with E-state index < -0.39 is 0 Å². The quantitative estimate of drug-likeness (QED) is 0.881. The number of nitrogens with one attached hydrogen (secondary N) is 2. The molecule has 0 aliphatic carbocycles. The third-order valence-corrected chi connectivity index (χ3v) is 3.57. The molecule has 2 aromatic rings. The number of nitriles is 1. The van der Waals surface area contributed by atoms with E-state index in [-0.39, 0.29) is 18.4 Å². The van der Waals surface area contributed by atoms with Crippen molar-refractivity contribution in [1.82, 2.24) is 10.6 Å². The number of carbonyl (C=O) groups is 2. The lowest BCUT2D eigenvalue weighted by Crippen LogP contribution is -2.36. The van der Waals surface area contributed by atoms with Crippen LogP contribution in [0, 0.1) is 11.3 Å². The Morgan fingerprint density at radius 2 is 2.05 bits per heavy atom. The van der Waals surface area contributed by atoms with Crippen LogP contribution in [-0.2, 0) is 11.3 Å². The topological polar surface area (TPSA) is 82.0 Å². The van der Waals surface area contributed by atoms with Crippen LogP contribution in [-0.4, -0.2) is 18.4 Å². The normalized spacial score (nSPS) is 9.67. The molecular formula is C15H13N3O2S. The van der Waals surface area contributed by atoms with Gasteiger partial charge in [0.2, 0.25) is 5.91 Å². The molecular weight excluding hydrogens is 286 g/mol. The zero-order valence-electron chi connectivity index (χ0n) is 11.1. The highest BCUT2D eigenvalue weighted by atomic mass is 32.1. The number of nitrogens with zero attached hydrogens (tertiary/aromatic N) is 1. The maximum Gasteiger partial charge on any atom is 0.261 e. The molecule has 0 saturated heterocycles. The number of benzene rings is 1. The summed E-state index contributed by atoms with van der Waals surface area (Å²) in [4.78, 5) is 23.9. The molecule has 0 spiro atoms. The summed E-state index contributed by atoms with van der Waals surface area (Å²) >= 11 is 1.32. The first-order chi connectivity index (χ1) is 10.2. The molecule has 21 heavy (non-hydrogen) atoms. The van der Waals surface area contributed by atoms with E-state index in [1.54, 1.807) is 35.7 Å². The molecule has 0 radical (unpaired) electrons. The van der Waals surface area contributed by atoms with Gasteiger partial charge in [0.1, 0.15) is 0 Å². The highest BCUT2D eigenvalue weighted by Crippen LogP contribution is 2.07. The van der Waals surface area contributed by atoms with Crippen molar-refractivity contribution < 1.29 is 9.59 Å². The van der Waals surface area contributed by atoms with Gasteiger partial charge in [0, 0.05) is 6.54 Å². The van der Waals surface area contributed by atoms with Crippen LogP contribution in [0.2, 0.25) is 0 Å². The van der Waals surface area contributed by atoms with Crippen LogP contribution >= 0.6 is 11.3 Å². The van der Waals surface area contributed by atoms with Crippen molar-refractivity contribution in [3.05, 3.63) is 57.8 Å². The van der Waals surface area contributed by atoms with Crippen LogP contribution in [0.5, 0.6) is 0 Å². The lowest BCUT2D eigenvalue weighted by Gasteiger charge is -2.06. The third-order valence-electron chi connectivity index (χ3n) is 2.70. The Balaban J connectivity index is 1.77. The molecule has 1 heterocycles. The van der Waals surface area contributed by atoms with E-state index in [0.29, 0.717) is 17.0 Å². The Bertz CT molecular complexity index is 674. The third kappa shape index (κ3) is 4.44. The van der Waals surface area contributed by atoms with Crippen molar-refractivity contribution in [3.8, 4) is 6.07 Å². The predicted molar refractivity (Wildman–Crippen MR) is 79.7 cm³/mol. The van der Waals surface area contributed by atoms with Gasteiger partial charge < -0.3 is 10.6 Å². The highest BCUT2D eigenvalue weighted by molar-refractivity contribution is 7.12. The average Bonchev–Trinajstić information content (AvgIpc) is 3.05. The fourth-order valence-electron chi connectivity index (χ4n) is 1.67. The van der Waals surface area contributed by atoms with E-state index in [2.05, 4.69) is 10.6 Å². The maximum absolute atomic E-state index is 11.7. The second kappa shape index (κ2) is 7.22. The highest BCUT2D eigenvalue weighted by Gasteiger charge is 2.08. The van der Waals surface area contributed by atoms with Gasteiger partial charge in [0.05, 0.1) is 23.1 Å². The molecule has 0 aliphatic rings. The SMILES string of the molecule is N#Cc1cccc(CNC(=O)CNC(=O)c2cccs2)c1. The Labute approximate surface area is 126 Å². The monoisotopic (exact) mass is 299 g/mol. The first kappa shape index (κ1) is 14.8. The summed E-state index contributed by atoms with van der Waals surface area (Å²) in [6.07, 6.45) is 0. The minimum Gasteiger partial charge on any atom is -0.350 e. The van der Waals surface area contributed by atoms with Gasteiger partial charge in [-0.1, -0.05) is 18.2 Å². The van der Waals surface area contributed by atoms with Gasteiger partial charge in [-0.25, -0.2) is 0 Å². The number of amides is 2. The van der Waals surface area contributed by atoms with Crippen molar-refractivity contribution in [2.75, 3.05) is 6.54 Å². The fraction of sp³-hybridized carbons (Fsp3) is 0.133. The molecule has 0 aliphatic heterocycles. The molecule has 2 rings (SSSR count). The molecule has 0 saturated carbocycles. The maximum atomic E-state index is 11.7. The Hall–Kier alpha value is -2.65. The second-order valence-corrected chi connectivity index (χ2v) is 5.20. The number of rotatable bonds is 5. The summed E-state index contributed by atoms with van der Waals surface area (Å²) in [6.45, 7) is 0.248. The predicted octanol–water partition coefficient (Wildman–Crippen LogP) is 1.67. The van der Waals surface area contributed by atoms with Gasteiger partial charge in [0.25, 0.3) is 5.91 Å². The first-order valence-corrected chi connectivity index (χ1v) is 7.14. The summed E-state index contributed by atoms with van der Waals surface area (Å²) in [5, 5.41) is 15.8. The average molecular weight is 299 g/mol. The Morgan fingerprint density at radius 1 is 1.19 bits per heavy atom. The molecule has 1 aromatic carbocycles. The van der Waals surface area contributed by atoms with Crippen molar-refractivity contribution in [1.29, 1.82) is 5.26 Å². The van der Waals surface area contributed by atoms with Crippen LogP contribution in [0.1, 0.15) is 20.8 Å². The molecule has 1 aromatic heterocycles. The van der Waals surface area contributed by atoms with Gasteiger partial charge in [-0.3, -0.25) is 9.59 Å². The van der Waals surface area contributed by atoms with E-state index in [0.717, 1.165) is 5.56 Å². The van der Waals surface area contributed by atoms with Gasteiger partial charge in [-0.05, 0) is 29.1 Å².